The van der Waals surface area contributed by atoms with Crippen molar-refractivity contribution in [1.29, 1.82) is 0 Å². The Morgan fingerprint density at radius 3 is 2.54 bits per heavy atom. The molecule has 0 aromatic carbocycles. The molecule has 0 saturated heterocycles. The van der Waals surface area contributed by atoms with Crippen molar-refractivity contribution in [3.8, 4) is 0 Å². The third-order valence-electron chi connectivity index (χ3n) is 1.51. The fraction of sp³-hybridized carbons (Fsp3) is 0.889. The topological polar surface area (TPSA) is 58.6 Å². The molecule has 0 spiro atoms. The first-order valence-corrected chi connectivity index (χ1v) is 4.49. The molecule has 0 heterocycles. The highest BCUT2D eigenvalue weighted by molar-refractivity contribution is 5.84. The summed E-state index contributed by atoms with van der Waals surface area (Å²) < 4.78 is 5.11. The molecule has 0 aliphatic rings. The quantitative estimate of drug-likeness (QED) is 0.654. The summed E-state index contributed by atoms with van der Waals surface area (Å²) in [5.74, 6) is -0.375. The Morgan fingerprint density at radius 1 is 1.62 bits per heavy atom. The van der Waals surface area contributed by atoms with Gasteiger partial charge in [-0.2, -0.15) is 0 Å². The maximum atomic E-state index is 11.2. The van der Waals surface area contributed by atoms with E-state index in [0.29, 0.717) is 13.2 Å². The van der Waals surface area contributed by atoms with Gasteiger partial charge in [-0.25, -0.2) is 0 Å². The van der Waals surface area contributed by atoms with Crippen LogP contribution in [0.5, 0.6) is 0 Å². The minimum absolute atomic E-state index is 0.0705. The number of hydrogen-bond acceptors (Lipinski definition) is 3. The Bertz CT molecular complexity index is 163. The summed E-state index contributed by atoms with van der Waals surface area (Å²) in [5.41, 5.74) is -1.32. The lowest BCUT2D eigenvalue weighted by Crippen LogP contribution is -2.47. The van der Waals surface area contributed by atoms with Crippen molar-refractivity contribution in [2.75, 3.05) is 13.2 Å². The molecule has 13 heavy (non-hydrogen) atoms. The third kappa shape index (κ3) is 5.60. The van der Waals surface area contributed by atoms with Crippen LogP contribution in [0.3, 0.4) is 0 Å². The van der Waals surface area contributed by atoms with Crippen molar-refractivity contribution in [1.82, 2.24) is 5.32 Å². The van der Waals surface area contributed by atoms with Crippen molar-refractivity contribution >= 4 is 5.91 Å². The van der Waals surface area contributed by atoms with Crippen molar-refractivity contribution in [2.24, 2.45) is 0 Å². The predicted molar refractivity (Wildman–Crippen MR) is 50.4 cm³/mol. The van der Waals surface area contributed by atoms with Gasteiger partial charge in [-0.1, -0.05) is 0 Å². The fourth-order valence-corrected chi connectivity index (χ4v) is 0.737. The fourth-order valence-electron chi connectivity index (χ4n) is 0.737. The van der Waals surface area contributed by atoms with E-state index >= 15 is 0 Å². The van der Waals surface area contributed by atoms with Gasteiger partial charge in [-0.05, 0) is 27.7 Å². The lowest BCUT2D eigenvalue weighted by atomic mass is 10.1. The van der Waals surface area contributed by atoms with E-state index in [4.69, 9.17) is 4.74 Å². The van der Waals surface area contributed by atoms with Crippen LogP contribution in [0.4, 0.5) is 0 Å². The van der Waals surface area contributed by atoms with Crippen LogP contribution in [0.1, 0.15) is 27.7 Å². The van der Waals surface area contributed by atoms with E-state index in [9.17, 15) is 9.90 Å². The van der Waals surface area contributed by atoms with E-state index < -0.39 is 5.60 Å². The highest BCUT2D eigenvalue weighted by Crippen LogP contribution is 2.00. The van der Waals surface area contributed by atoms with Crippen molar-refractivity contribution in [2.45, 2.75) is 39.3 Å². The summed E-state index contributed by atoms with van der Waals surface area (Å²) in [4.78, 5) is 11.2. The minimum atomic E-state index is -1.32. The molecule has 0 aliphatic heterocycles. The van der Waals surface area contributed by atoms with Crippen LogP contribution in [0, 0.1) is 0 Å². The largest absolute Gasteiger partial charge is 0.381 e. The first-order valence-electron chi connectivity index (χ1n) is 4.49. The van der Waals surface area contributed by atoms with E-state index in [1.807, 2.05) is 13.8 Å². The zero-order valence-corrected chi connectivity index (χ0v) is 8.76. The van der Waals surface area contributed by atoms with Crippen LogP contribution in [-0.2, 0) is 9.53 Å². The van der Waals surface area contributed by atoms with Crippen LogP contribution in [0.15, 0.2) is 0 Å². The van der Waals surface area contributed by atoms with Gasteiger partial charge in [0.15, 0.2) is 0 Å². The molecule has 0 bridgehead atoms. The summed E-state index contributed by atoms with van der Waals surface area (Å²) >= 11 is 0. The molecule has 0 saturated carbocycles. The first kappa shape index (κ1) is 12.4. The molecule has 0 aromatic rings. The maximum absolute atomic E-state index is 11.2. The van der Waals surface area contributed by atoms with Crippen molar-refractivity contribution in [3.63, 3.8) is 0 Å². The smallest absolute Gasteiger partial charge is 0.251 e. The summed E-state index contributed by atoms with van der Waals surface area (Å²) in [6, 6.07) is -0.0705. The van der Waals surface area contributed by atoms with Gasteiger partial charge in [0.05, 0.1) is 6.61 Å². The van der Waals surface area contributed by atoms with E-state index in [0.717, 1.165) is 0 Å². The van der Waals surface area contributed by atoms with Gasteiger partial charge >= 0.3 is 0 Å². The third-order valence-corrected chi connectivity index (χ3v) is 1.51. The SMILES string of the molecule is CCOCC(C)NC(=O)C(C)(C)O. The van der Waals surface area contributed by atoms with Gasteiger partial charge in [0.2, 0.25) is 0 Å². The van der Waals surface area contributed by atoms with Gasteiger partial charge in [0.25, 0.3) is 5.91 Å². The van der Waals surface area contributed by atoms with Gasteiger partial charge in [-0.3, -0.25) is 4.79 Å². The number of carbonyl (C=O) groups is 1. The molecule has 0 radical (unpaired) electrons. The van der Waals surface area contributed by atoms with Gasteiger partial charge in [0, 0.05) is 12.6 Å². The normalized spacial score (nSPS) is 13.9. The van der Waals surface area contributed by atoms with Crippen LogP contribution in [0.25, 0.3) is 0 Å². The number of nitrogens with one attached hydrogen (secondary N) is 1. The zero-order valence-electron chi connectivity index (χ0n) is 8.76. The van der Waals surface area contributed by atoms with Crippen molar-refractivity contribution in [3.05, 3.63) is 0 Å². The van der Waals surface area contributed by atoms with Crippen LogP contribution < -0.4 is 5.32 Å². The number of hydrogen-bond donors (Lipinski definition) is 2. The second kappa shape index (κ2) is 5.19. The Labute approximate surface area is 79.3 Å². The summed E-state index contributed by atoms with van der Waals surface area (Å²) in [5, 5.41) is 11.9. The monoisotopic (exact) mass is 189 g/mol. The average molecular weight is 189 g/mol. The summed E-state index contributed by atoms with van der Waals surface area (Å²) in [7, 11) is 0. The molecule has 2 N–H and O–H groups in total. The van der Waals surface area contributed by atoms with E-state index in [2.05, 4.69) is 5.32 Å². The molecule has 0 aromatic heterocycles. The molecule has 0 aliphatic carbocycles. The molecule has 78 valence electrons. The van der Waals surface area contributed by atoms with Crippen molar-refractivity contribution < 1.29 is 14.6 Å². The van der Waals surface area contributed by atoms with E-state index in [-0.39, 0.29) is 11.9 Å². The highest BCUT2D eigenvalue weighted by Gasteiger charge is 2.24. The molecule has 1 atom stereocenters. The second-order valence-corrected chi connectivity index (χ2v) is 3.59. The molecular weight excluding hydrogens is 170 g/mol. The number of rotatable bonds is 5. The Kier molecular flexibility index (Phi) is 4.95. The first-order chi connectivity index (χ1) is 5.88. The number of carbonyl (C=O) groups excluding carboxylic acids is 1. The van der Waals surface area contributed by atoms with Crippen LogP contribution in [0.2, 0.25) is 0 Å². The lowest BCUT2D eigenvalue weighted by molar-refractivity contribution is -0.137. The van der Waals surface area contributed by atoms with E-state index in [1.54, 1.807) is 0 Å². The summed E-state index contributed by atoms with van der Waals surface area (Å²) in [6.45, 7) is 7.73. The standard InChI is InChI=1S/C9H19NO3/c1-5-13-6-7(2)10-8(11)9(3,4)12/h7,12H,5-6H2,1-4H3,(H,10,11). The molecule has 4 heteroatoms. The summed E-state index contributed by atoms with van der Waals surface area (Å²) in [6.07, 6.45) is 0. The molecule has 0 fully saturated rings. The Hall–Kier alpha value is -0.610. The zero-order chi connectivity index (χ0) is 10.5. The second-order valence-electron chi connectivity index (χ2n) is 3.59. The van der Waals surface area contributed by atoms with Gasteiger partial charge < -0.3 is 15.2 Å². The minimum Gasteiger partial charge on any atom is -0.381 e. The van der Waals surface area contributed by atoms with Crippen LogP contribution in [-0.4, -0.2) is 35.9 Å². The van der Waals surface area contributed by atoms with Gasteiger partial charge in [-0.15, -0.1) is 0 Å². The highest BCUT2D eigenvalue weighted by atomic mass is 16.5. The Morgan fingerprint density at radius 2 is 2.15 bits per heavy atom. The average Bonchev–Trinajstić information content (AvgIpc) is 1.99. The molecule has 1 unspecified atom stereocenters. The maximum Gasteiger partial charge on any atom is 0.251 e. The number of amides is 1. The molecule has 1 amide bonds. The van der Waals surface area contributed by atoms with Crippen LogP contribution >= 0.6 is 0 Å². The van der Waals surface area contributed by atoms with E-state index in [1.165, 1.54) is 13.8 Å². The predicted octanol–water partition coefficient (Wildman–Crippen LogP) is 0.298. The van der Waals surface area contributed by atoms with Gasteiger partial charge in [0.1, 0.15) is 5.60 Å². The lowest BCUT2D eigenvalue weighted by Gasteiger charge is -2.20. The molecular formula is C9H19NO3. The molecule has 0 rings (SSSR count). The number of ether oxygens (including phenoxy) is 1. The number of aliphatic hydroxyl groups is 1. The Balaban J connectivity index is 3.79. The molecule has 4 nitrogen and oxygen atoms in total.